The van der Waals surface area contributed by atoms with Gasteiger partial charge in [0.1, 0.15) is 11.7 Å². The molecular weight excluding hydrogens is 376 g/mol. The molecule has 5 aliphatic rings. The molecule has 5 fully saturated rings. The lowest BCUT2D eigenvalue weighted by molar-refractivity contribution is -0.223. The third-order valence-corrected chi connectivity index (χ3v) is 9.66. The standard InChI is InChI=1S/C22H34O7/c1-10(23)28-16-11-6-7-12-20(5,26)15-14-17(29-14)18(2,3)22(15,27)13(24)8-21(12,16)9-19(11,4)25/h11-17,24-27H,6-9H2,1-5H3/t11-,12+,13-,14+,15-,16-,17+,19-,20-,21+,22-/m1/s1. The monoisotopic (exact) mass is 410 g/mol. The van der Waals surface area contributed by atoms with E-state index in [0.29, 0.717) is 19.3 Å². The number of carbonyl (C=O) groups is 1. The normalized spacial score (nSPS) is 61.9. The molecule has 1 spiro atoms. The van der Waals surface area contributed by atoms with E-state index in [-0.39, 0.29) is 30.5 Å². The summed E-state index contributed by atoms with van der Waals surface area (Å²) in [6, 6.07) is 0. The number of fused-ring (bicyclic) bond motifs is 4. The Morgan fingerprint density at radius 1 is 1.10 bits per heavy atom. The van der Waals surface area contributed by atoms with Crippen LogP contribution in [0.1, 0.15) is 60.3 Å². The first-order valence-corrected chi connectivity index (χ1v) is 10.9. The number of hydrogen-bond donors (Lipinski definition) is 4. The van der Waals surface area contributed by atoms with E-state index < -0.39 is 51.7 Å². The molecule has 5 rings (SSSR count). The van der Waals surface area contributed by atoms with Gasteiger partial charge in [0.15, 0.2) is 0 Å². The summed E-state index contributed by atoms with van der Waals surface area (Å²) in [7, 11) is 0. The van der Waals surface area contributed by atoms with Gasteiger partial charge in [0.05, 0.1) is 29.5 Å². The van der Waals surface area contributed by atoms with Crippen molar-refractivity contribution in [2.75, 3.05) is 0 Å². The summed E-state index contributed by atoms with van der Waals surface area (Å²) in [5, 5.41) is 46.6. The van der Waals surface area contributed by atoms with Crippen molar-refractivity contribution in [3.05, 3.63) is 0 Å². The van der Waals surface area contributed by atoms with Gasteiger partial charge in [0, 0.05) is 29.6 Å². The Balaban J connectivity index is 1.69. The van der Waals surface area contributed by atoms with Crippen LogP contribution in [0.4, 0.5) is 0 Å². The Labute approximate surface area is 171 Å². The summed E-state index contributed by atoms with van der Waals surface area (Å²) < 4.78 is 11.6. The van der Waals surface area contributed by atoms with Gasteiger partial charge in [-0.15, -0.1) is 0 Å². The summed E-state index contributed by atoms with van der Waals surface area (Å²) in [6.45, 7) is 8.64. The van der Waals surface area contributed by atoms with Crippen LogP contribution in [0.15, 0.2) is 0 Å². The molecule has 4 saturated carbocycles. The molecule has 7 nitrogen and oxygen atoms in total. The number of rotatable bonds is 1. The van der Waals surface area contributed by atoms with E-state index in [0.717, 1.165) is 0 Å². The smallest absolute Gasteiger partial charge is 0.302 e. The van der Waals surface area contributed by atoms with Gasteiger partial charge < -0.3 is 29.9 Å². The van der Waals surface area contributed by atoms with Crippen LogP contribution in [-0.4, -0.2) is 67.6 Å². The highest BCUT2D eigenvalue weighted by molar-refractivity contribution is 5.66. The Hall–Kier alpha value is -0.730. The Bertz CT molecular complexity index is 760. The van der Waals surface area contributed by atoms with E-state index in [1.54, 1.807) is 13.8 Å². The van der Waals surface area contributed by atoms with Crippen LogP contribution in [-0.2, 0) is 14.3 Å². The lowest BCUT2D eigenvalue weighted by Gasteiger charge is -2.52. The van der Waals surface area contributed by atoms with Crippen LogP contribution in [0.25, 0.3) is 0 Å². The predicted molar refractivity (Wildman–Crippen MR) is 102 cm³/mol. The minimum atomic E-state index is -1.53. The molecule has 1 heterocycles. The zero-order valence-electron chi connectivity index (χ0n) is 17.9. The molecule has 0 unspecified atom stereocenters. The third kappa shape index (κ3) is 2.14. The molecule has 0 amide bonds. The van der Waals surface area contributed by atoms with Crippen molar-refractivity contribution in [1.82, 2.24) is 0 Å². The Kier molecular flexibility index (Phi) is 3.73. The molecule has 164 valence electrons. The number of carbonyl (C=O) groups excluding carboxylic acids is 1. The van der Waals surface area contributed by atoms with Crippen molar-refractivity contribution in [2.24, 2.45) is 28.6 Å². The second-order valence-electron chi connectivity index (χ2n) is 11.5. The summed E-state index contributed by atoms with van der Waals surface area (Å²) in [6.07, 6.45) is -0.470. The molecule has 4 aliphatic carbocycles. The van der Waals surface area contributed by atoms with Crippen molar-refractivity contribution in [3.8, 4) is 0 Å². The van der Waals surface area contributed by atoms with E-state index in [1.807, 2.05) is 13.8 Å². The summed E-state index contributed by atoms with van der Waals surface area (Å²) in [5.74, 6) is -1.66. The number of esters is 1. The highest BCUT2D eigenvalue weighted by atomic mass is 16.6. The van der Waals surface area contributed by atoms with Crippen molar-refractivity contribution in [1.29, 1.82) is 0 Å². The van der Waals surface area contributed by atoms with Crippen molar-refractivity contribution >= 4 is 5.97 Å². The first kappa shape index (κ1) is 20.2. The van der Waals surface area contributed by atoms with Gasteiger partial charge >= 0.3 is 5.97 Å². The number of epoxide rings is 1. The average molecular weight is 411 g/mol. The van der Waals surface area contributed by atoms with Gasteiger partial charge in [0.2, 0.25) is 0 Å². The highest BCUT2D eigenvalue weighted by Gasteiger charge is 2.83. The zero-order valence-corrected chi connectivity index (χ0v) is 17.9. The minimum Gasteiger partial charge on any atom is -0.462 e. The largest absolute Gasteiger partial charge is 0.462 e. The van der Waals surface area contributed by atoms with E-state index in [9.17, 15) is 25.2 Å². The van der Waals surface area contributed by atoms with Crippen molar-refractivity contribution < 1.29 is 34.7 Å². The maximum absolute atomic E-state index is 12.0. The van der Waals surface area contributed by atoms with E-state index in [4.69, 9.17) is 9.47 Å². The topological polar surface area (TPSA) is 120 Å². The first-order valence-electron chi connectivity index (χ1n) is 10.9. The van der Waals surface area contributed by atoms with Crippen LogP contribution in [0.2, 0.25) is 0 Å². The molecule has 4 N–H and O–H groups in total. The fourth-order valence-corrected chi connectivity index (χ4v) is 8.61. The molecule has 2 bridgehead atoms. The quantitative estimate of drug-likeness (QED) is 0.372. The van der Waals surface area contributed by atoms with E-state index >= 15 is 0 Å². The first-order chi connectivity index (χ1) is 13.2. The molecule has 0 radical (unpaired) electrons. The fourth-order valence-electron chi connectivity index (χ4n) is 8.61. The van der Waals surface area contributed by atoms with Crippen molar-refractivity contribution in [2.45, 2.75) is 102 Å². The van der Waals surface area contributed by atoms with Crippen LogP contribution in [0.5, 0.6) is 0 Å². The average Bonchev–Trinajstić information content (AvgIpc) is 3.29. The fraction of sp³-hybridized carbons (Fsp3) is 0.955. The molecule has 29 heavy (non-hydrogen) atoms. The van der Waals surface area contributed by atoms with Gasteiger partial charge in [-0.3, -0.25) is 4.79 Å². The van der Waals surface area contributed by atoms with Gasteiger partial charge in [-0.05, 0) is 45.4 Å². The second kappa shape index (κ2) is 5.36. The number of ether oxygens (including phenoxy) is 2. The highest BCUT2D eigenvalue weighted by Crippen LogP contribution is 2.73. The van der Waals surface area contributed by atoms with Gasteiger partial charge in [0.25, 0.3) is 0 Å². The number of aliphatic hydroxyl groups excluding tert-OH is 1. The molecule has 1 saturated heterocycles. The lowest BCUT2D eigenvalue weighted by Crippen LogP contribution is -2.63. The lowest BCUT2D eigenvalue weighted by atomic mass is 9.57. The summed E-state index contributed by atoms with van der Waals surface area (Å²) >= 11 is 0. The van der Waals surface area contributed by atoms with Crippen molar-refractivity contribution in [3.63, 3.8) is 0 Å². The molecule has 0 aromatic heterocycles. The zero-order chi connectivity index (χ0) is 21.4. The van der Waals surface area contributed by atoms with Gasteiger partial charge in [-0.2, -0.15) is 0 Å². The van der Waals surface area contributed by atoms with Crippen LogP contribution in [0, 0.1) is 28.6 Å². The molecule has 0 aromatic rings. The predicted octanol–water partition coefficient (Wildman–Crippen LogP) is 0.755. The van der Waals surface area contributed by atoms with Crippen LogP contribution < -0.4 is 0 Å². The van der Waals surface area contributed by atoms with E-state index in [1.165, 1.54) is 6.92 Å². The summed E-state index contributed by atoms with van der Waals surface area (Å²) in [5.41, 5.74) is -5.47. The van der Waals surface area contributed by atoms with Gasteiger partial charge in [-0.25, -0.2) is 0 Å². The van der Waals surface area contributed by atoms with Crippen LogP contribution in [0.3, 0.4) is 0 Å². The Morgan fingerprint density at radius 2 is 1.76 bits per heavy atom. The van der Waals surface area contributed by atoms with E-state index in [2.05, 4.69) is 0 Å². The maximum atomic E-state index is 12.0. The number of hydrogen-bond acceptors (Lipinski definition) is 7. The Morgan fingerprint density at radius 3 is 2.38 bits per heavy atom. The summed E-state index contributed by atoms with van der Waals surface area (Å²) in [4.78, 5) is 12.0. The minimum absolute atomic E-state index is 0.175. The molecular formula is C22H34O7. The SMILES string of the molecule is CC(=O)O[C@@H]1[C@H]2CC[C@H]3[C@@](C)(O)[C@H]4[C@@H]5O[C@@H]5C(C)(C)[C@@]4(O)[C@H](O)C[C@@]13C[C@@]2(C)O. The molecule has 0 aromatic carbocycles. The molecule has 11 atom stereocenters. The molecule has 1 aliphatic heterocycles. The van der Waals surface area contributed by atoms with Crippen LogP contribution >= 0.6 is 0 Å². The second-order valence-corrected chi connectivity index (χ2v) is 11.5. The maximum Gasteiger partial charge on any atom is 0.302 e. The van der Waals surface area contributed by atoms with Gasteiger partial charge in [-0.1, -0.05) is 13.8 Å². The number of aliphatic hydroxyl groups is 4. The molecule has 7 heteroatoms. The third-order valence-electron chi connectivity index (χ3n) is 9.66.